The molecule has 0 amide bonds. The molecule has 0 atom stereocenters. The molecule has 1 saturated heterocycles. The van der Waals surface area contributed by atoms with Gasteiger partial charge in [0.15, 0.2) is 17.3 Å². The molecule has 4 rings (SSSR count). The summed E-state index contributed by atoms with van der Waals surface area (Å²) in [6, 6.07) is 3.55. The zero-order valence-electron chi connectivity index (χ0n) is 14.6. The van der Waals surface area contributed by atoms with Gasteiger partial charge in [0.25, 0.3) is 5.79 Å². The van der Waals surface area contributed by atoms with Gasteiger partial charge in [0.2, 0.25) is 5.75 Å². The number of Topliss-reactive ketones (excluding diaryl/α,β-unsaturated/α-hetero) is 1. The molecule has 2 aromatic rings. The van der Waals surface area contributed by atoms with Crippen LogP contribution >= 0.6 is 23.2 Å². The molecule has 0 aliphatic carbocycles. The van der Waals surface area contributed by atoms with E-state index in [1.54, 1.807) is 19.2 Å². The monoisotopic (exact) mass is 409 g/mol. The van der Waals surface area contributed by atoms with E-state index >= 15 is 0 Å². The van der Waals surface area contributed by atoms with Crippen molar-refractivity contribution >= 4 is 29.0 Å². The number of carbonyl (C=O) groups excluding carboxylic acids is 1. The molecule has 0 N–H and O–H groups in total. The zero-order chi connectivity index (χ0) is 19.0. The number of ketones is 1. The van der Waals surface area contributed by atoms with Crippen LogP contribution in [0.5, 0.6) is 17.2 Å². The Morgan fingerprint density at radius 2 is 1.81 bits per heavy atom. The Hall–Kier alpha value is -2.02. The Kier molecular flexibility index (Phi) is 4.88. The molecule has 1 aromatic carbocycles. The largest absolute Gasteiger partial charge is 0.493 e. The number of methoxy groups -OCH3 is 1. The fraction of sp³-hybridized carbons (Fsp3) is 0.368. The minimum absolute atomic E-state index is 0.0612. The highest BCUT2D eigenvalue weighted by molar-refractivity contribution is 6.39. The molecule has 2 aliphatic heterocycles. The lowest BCUT2D eigenvalue weighted by atomic mass is 10.0. The van der Waals surface area contributed by atoms with Gasteiger partial charge in [0.1, 0.15) is 0 Å². The molecular formula is C19H17Cl2NO5. The Balaban J connectivity index is 1.68. The maximum Gasteiger partial charge on any atom is 0.256 e. The predicted octanol–water partition coefficient (Wildman–Crippen LogP) is 4.10. The van der Waals surface area contributed by atoms with Gasteiger partial charge >= 0.3 is 0 Å². The minimum atomic E-state index is -0.779. The van der Waals surface area contributed by atoms with Crippen molar-refractivity contribution in [2.24, 2.45) is 0 Å². The van der Waals surface area contributed by atoms with E-state index in [0.29, 0.717) is 48.9 Å². The second kappa shape index (κ2) is 7.19. The number of ether oxygens (including phenoxy) is 4. The number of hydrogen-bond acceptors (Lipinski definition) is 6. The number of pyridine rings is 1. The number of carbonyl (C=O) groups is 1. The Morgan fingerprint density at radius 1 is 1.15 bits per heavy atom. The van der Waals surface area contributed by atoms with Crippen molar-refractivity contribution in [2.45, 2.75) is 25.0 Å². The first kappa shape index (κ1) is 18.3. The van der Waals surface area contributed by atoms with Gasteiger partial charge in [-0.3, -0.25) is 9.78 Å². The van der Waals surface area contributed by atoms with Gasteiger partial charge in [-0.05, 0) is 6.07 Å². The van der Waals surface area contributed by atoms with E-state index in [4.69, 9.17) is 42.1 Å². The lowest BCUT2D eigenvalue weighted by Crippen LogP contribution is -2.44. The normalized spacial score (nSPS) is 17.1. The molecule has 0 unspecified atom stereocenters. The average Bonchev–Trinajstić information content (AvgIpc) is 3.01. The molecule has 1 fully saturated rings. The first-order valence-electron chi connectivity index (χ1n) is 8.51. The summed E-state index contributed by atoms with van der Waals surface area (Å²) in [6.45, 7) is 1.10. The molecular weight excluding hydrogens is 393 g/mol. The van der Waals surface area contributed by atoms with E-state index in [1.807, 2.05) is 0 Å². The van der Waals surface area contributed by atoms with Crippen LogP contribution in [0.2, 0.25) is 10.0 Å². The van der Waals surface area contributed by atoms with E-state index in [9.17, 15) is 4.79 Å². The fourth-order valence-corrected chi connectivity index (χ4v) is 3.89. The van der Waals surface area contributed by atoms with Gasteiger partial charge < -0.3 is 18.9 Å². The quantitative estimate of drug-likeness (QED) is 0.708. The smallest absolute Gasteiger partial charge is 0.256 e. The van der Waals surface area contributed by atoms with Crippen LogP contribution in [-0.4, -0.2) is 36.9 Å². The van der Waals surface area contributed by atoms with Crippen LogP contribution < -0.4 is 14.2 Å². The number of rotatable bonds is 4. The third-order valence-electron chi connectivity index (χ3n) is 4.69. The lowest BCUT2D eigenvalue weighted by Gasteiger charge is -2.31. The van der Waals surface area contributed by atoms with E-state index in [0.717, 1.165) is 0 Å². The van der Waals surface area contributed by atoms with Crippen LogP contribution in [0, 0.1) is 0 Å². The number of aromatic nitrogens is 1. The van der Waals surface area contributed by atoms with Gasteiger partial charge in [0.05, 0.1) is 35.9 Å². The number of nitrogens with zero attached hydrogens (tertiary/aromatic N) is 1. The first-order valence-corrected chi connectivity index (χ1v) is 9.26. The summed E-state index contributed by atoms with van der Waals surface area (Å²) >= 11 is 12.2. The van der Waals surface area contributed by atoms with Crippen LogP contribution in [-0.2, 0) is 11.2 Å². The van der Waals surface area contributed by atoms with Crippen molar-refractivity contribution in [3.05, 3.63) is 45.7 Å². The third kappa shape index (κ3) is 3.33. The van der Waals surface area contributed by atoms with Crippen LogP contribution in [0.3, 0.4) is 0 Å². The average molecular weight is 410 g/mol. The van der Waals surface area contributed by atoms with E-state index in [2.05, 4.69) is 4.98 Å². The summed E-state index contributed by atoms with van der Waals surface area (Å²) in [7, 11) is 1.56. The Morgan fingerprint density at radius 3 is 2.48 bits per heavy atom. The van der Waals surface area contributed by atoms with Gasteiger partial charge in [0, 0.05) is 37.2 Å². The van der Waals surface area contributed by atoms with Crippen molar-refractivity contribution in [1.29, 1.82) is 0 Å². The summed E-state index contributed by atoms with van der Waals surface area (Å²) < 4.78 is 23.1. The molecule has 0 radical (unpaired) electrons. The molecule has 0 bridgehead atoms. The van der Waals surface area contributed by atoms with Crippen LogP contribution in [0.4, 0.5) is 0 Å². The standard InChI is InChI=1S/C19H17Cl2NO5/c1-24-15-3-2-11(8-14(23)16-12(20)9-22-10-13(16)21)17-18(15)27-19(26-17)4-6-25-7-5-19/h2-3,9-10H,4-8H2,1H3. The molecule has 27 heavy (non-hydrogen) atoms. The van der Waals surface area contributed by atoms with Crippen molar-refractivity contribution in [2.75, 3.05) is 20.3 Å². The number of benzene rings is 1. The van der Waals surface area contributed by atoms with Crippen molar-refractivity contribution in [3.63, 3.8) is 0 Å². The van der Waals surface area contributed by atoms with Gasteiger partial charge in [-0.15, -0.1) is 0 Å². The summed E-state index contributed by atoms with van der Waals surface area (Å²) in [5.74, 6) is 0.585. The third-order valence-corrected chi connectivity index (χ3v) is 5.26. The summed E-state index contributed by atoms with van der Waals surface area (Å²) in [5.41, 5.74) is 0.931. The molecule has 3 heterocycles. The van der Waals surface area contributed by atoms with E-state index in [-0.39, 0.29) is 27.8 Å². The SMILES string of the molecule is COc1ccc(CC(=O)c2c(Cl)cncc2Cl)c2c1OC1(CCOCC1)O2. The maximum atomic E-state index is 12.8. The van der Waals surface area contributed by atoms with Gasteiger partial charge in [-0.2, -0.15) is 0 Å². The fourth-order valence-electron chi connectivity index (χ4n) is 3.31. The summed E-state index contributed by atoms with van der Waals surface area (Å²) in [5, 5.41) is 0.437. The van der Waals surface area contributed by atoms with E-state index < -0.39 is 5.79 Å². The molecule has 8 heteroatoms. The molecule has 142 valence electrons. The predicted molar refractivity (Wildman–Crippen MR) is 99.3 cm³/mol. The minimum Gasteiger partial charge on any atom is -0.493 e. The number of hydrogen-bond donors (Lipinski definition) is 0. The second-order valence-electron chi connectivity index (χ2n) is 6.39. The Labute approximate surface area is 166 Å². The molecule has 1 aromatic heterocycles. The van der Waals surface area contributed by atoms with Crippen LogP contribution in [0.1, 0.15) is 28.8 Å². The molecule has 2 aliphatic rings. The van der Waals surface area contributed by atoms with Crippen molar-refractivity contribution < 1.29 is 23.7 Å². The highest BCUT2D eigenvalue weighted by Crippen LogP contribution is 2.51. The highest BCUT2D eigenvalue weighted by Gasteiger charge is 2.45. The lowest BCUT2D eigenvalue weighted by molar-refractivity contribution is -0.144. The van der Waals surface area contributed by atoms with Crippen molar-refractivity contribution in [3.8, 4) is 17.2 Å². The number of fused-ring (bicyclic) bond motifs is 1. The molecule has 0 saturated carbocycles. The zero-order valence-corrected chi connectivity index (χ0v) is 16.1. The first-order chi connectivity index (χ1) is 13.0. The second-order valence-corrected chi connectivity index (χ2v) is 7.20. The van der Waals surface area contributed by atoms with Crippen LogP contribution in [0.15, 0.2) is 24.5 Å². The number of halogens is 2. The topological polar surface area (TPSA) is 66.9 Å². The molecule has 6 nitrogen and oxygen atoms in total. The highest BCUT2D eigenvalue weighted by atomic mass is 35.5. The maximum absolute atomic E-state index is 12.8. The summed E-state index contributed by atoms with van der Waals surface area (Å²) in [4.78, 5) is 16.7. The Bertz CT molecular complexity index is 876. The van der Waals surface area contributed by atoms with Gasteiger partial charge in [-0.1, -0.05) is 29.3 Å². The van der Waals surface area contributed by atoms with Crippen molar-refractivity contribution in [1.82, 2.24) is 4.98 Å². The summed E-state index contributed by atoms with van der Waals surface area (Å²) in [6.07, 6.45) is 4.05. The van der Waals surface area contributed by atoms with Crippen LogP contribution in [0.25, 0.3) is 0 Å². The molecule has 1 spiro atoms. The van der Waals surface area contributed by atoms with Gasteiger partial charge in [-0.25, -0.2) is 0 Å². The van der Waals surface area contributed by atoms with E-state index in [1.165, 1.54) is 12.4 Å².